The lowest BCUT2D eigenvalue weighted by molar-refractivity contribution is 0.0912. The summed E-state index contributed by atoms with van der Waals surface area (Å²) in [6, 6.07) is 2.39. The second kappa shape index (κ2) is 5.12. The number of rotatable bonds is 3. The predicted octanol–water partition coefficient (Wildman–Crippen LogP) is 3.18. The molecule has 5 heteroatoms. The van der Waals surface area contributed by atoms with Crippen LogP contribution in [0.3, 0.4) is 0 Å². The fourth-order valence-electron chi connectivity index (χ4n) is 1.27. The first-order chi connectivity index (χ1) is 7.78. The molecule has 1 amide bonds. The average Bonchev–Trinajstić information content (AvgIpc) is 2.23. The molecule has 0 heterocycles. The molecule has 0 aliphatic rings. The van der Waals surface area contributed by atoms with Crippen molar-refractivity contribution in [3.63, 3.8) is 0 Å². The maximum absolute atomic E-state index is 13.7. The summed E-state index contributed by atoms with van der Waals surface area (Å²) >= 11 is 3.22. The normalized spacial score (nSPS) is 11.4. The number of benzene rings is 1. The zero-order chi connectivity index (χ0) is 13.2. The van der Waals surface area contributed by atoms with Crippen LogP contribution in [0.15, 0.2) is 12.1 Å². The molecule has 0 saturated carbocycles. The van der Waals surface area contributed by atoms with Gasteiger partial charge in [-0.2, -0.15) is 0 Å². The van der Waals surface area contributed by atoms with Gasteiger partial charge in [-0.25, -0.2) is 8.78 Å². The summed E-state index contributed by atoms with van der Waals surface area (Å²) in [7, 11) is 0. The smallest absolute Gasteiger partial charge is 0.257 e. The Morgan fingerprint density at radius 2 is 2.00 bits per heavy atom. The molecule has 0 spiro atoms. The van der Waals surface area contributed by atoms with Crippen LogP contribution in [0.5, 0.6) is 0 Å². The minimum absolute atomic E-state index is 0.244. The lowest BCUT2D eigenvalue weighted by Gasteiger charge is -2.23. The van der Waals surface area contributed by atoms with Crippen LogP contribution in [0, 0.1) is 18.6 Å². The van der Waals surface area contributed by atoms with Crippen LogP contribution in [0.4, 0.5) is 8.78 Å². The first kappa shape index (κ1) is 14.1. The van der Waals surface area contributed by atoms with Gasteiger partial charge in [0.2, 0.25) is 0 Å². The molecule has 1 rings (SSSR count). The van der Waals surface area contributed by atoms with Gasteiger partial charge in [0, 0.05) is 10.9 Å². The Hall–Kier alpha value is -0.970. The number of nitrogens with one attached hydrogen (secondary N) is 1. The number of halogens is 3. The van der Waals surface area contributed by atoms with Crippen molar-refractivity contribution >= 4 is 21.8 Å². The van der Waals surface area contributed by atoms with Crippen molar-refractivity contribution in [2.75, 3.05) is 5.33 Å². The predicted molar refractivity (Wildman–Crippen MR) is 66.4 cm³/mol. The van der Waals surface area contributed by atoms with Crippen LogP contribution in [0.1, 0.15) is 29.8 Å². The van der Waals surface area contributed by atoms with Crippen molar-refractivity contribution in [2.24, 2.45) is 0 Å². The van der Waals surface area contributed by atoms with E-state index in [0.29, 0.717) is 5.33 Å². The number of alkyl halides is 1. The average molecular weight is 306 g/mol. The zero-order valence-corrected chi connectivity index (χ0v) is 11.5. The highest BCUT2D eigenvalue weighted by atomic mass is 79.9. The molecule has 0 unspecified atom stereocenters. The monoisotopic (exact) mass is 305 g/mol. The highest BCUT2D eigenvalue weighted by molar-refractivity contribution is 9.09. The van der Waals surface area contributed by atoms with E-state index in [-0.39, 0.29) is 5.56 Å². The molecule has 0 aliphatic carbocycles. The van der Waals surface area contributed by atoms with Crippen LogP contribution in [0.25, 0.3) is 0 Å². The largest absolute Gasteiger partial charge is 0.346 e. The van der Waals surface area contributed by atoms with E-state index < -0.39 is 28.6 Å². The van der Waals surface area contributed by atoms with Gasteiger partial charge in [0.25, 0.3) is 5.91 Å². The van der Waals surface area contributed by atoms with Gasteiger partial charge >= 0.3 is 0 Å². The van der Waals surface area contributed by atoms with Crippen LogP contribution in [0.2, 0.25) is 0 Å². The molecule has 1 N–H and O–H groups in total. The highest BCUT2D eigenvalue weighted by Crippen LogP contribution is 2.17. The van der Waals surface area contributed by atoms with E-state index in [1.807, 2.05) is 0 Å². The van der Waals surface area contributed by atoms with Crippen molar-refractivity contribution in [3.05, 3.63) is 34.9 Å². The van der Waals surface area contributed by atoms with Gasteiger partial charge in [0.15, 0.2) is 0 Å². The zero-order valence-electron chi connectivity index (χ0n) is 9.90. The van der Waals surface area contributed by atoms with E-state index >= 15 is 0 Å². The Morgan fingerprint density at radius 3 is 2.53 bits per heavy atom. The van der Waals surface area contributed by atoms with E-state index in [1.54, 1.807) is 13.8 Å². The Morgan fingerprint density at radius 1 is 1.41 bits per heavy atom. The van der Waals surface area contributed by atoms with E-state index in [1.165, 1.54) is 13.0 Å². The number of hydrogen-bond acceptors (Lipinski definition) is 1. The van der Waals surface area contributed by atoms with E-state index in [9.17, 15) is 13.6 Å². The quantitative estimate of drug-likeness (QED) is 0.854. The fraction of sp³-hybridized carbons (Fsp3) is 0.417. The second-order valence-electron chi connectivity index (χ2n) is 4.52. The summed E-state index contributed by atoms with van der Waals surface area (Å²) in [6.07, 6.45) is 0. The van der Waals surface area contributed by atoms with E-state index in [0.717, 1.165) is 6.07 Å². The van der Waals surface area contributed by atoms with Crippen molar-refractivity contribution in [1.82, 2.24) is 5.32 Å². The SMILES string of the molecule is Cc1ccc(F)c(C(=O)NC(C)(C)CBr)c1F. The molecule has 0 fully saturated rings. The lowest BCUT2D eigenvalue weighted by Crippen LogP contribution is -2.45. The molecule has 0 bridgehead atoms. The standard InChI is InChI=1S/C12H14BrF2NO/c1-7-4-5-8(14)9(10(7)15)11(17)16-12(2,3)6-13/h4-5H,6H2,1-3H3,(H,16,17). The van der Waals surface area contributed by atoms with Gasteiger partial charge in [0.1, 0.15) is 17.2 Å². The van der Waals surface area contributed by atoms with Gasteiger partial charge < -0.3 is 5.32 Å². The fourth-order valence-corrected chi connectivity index (χ4v) is 1.41. The van der Waals surface area contributed by atoms with Gasteiger partial charge in [-0.05, 0) is 32.4 Å². The number of hydrogen-bond donors (Lipinski definition) is 1. The Balaban J connectivity index is 3.09. The van der Waals surface area contributed by atoms with E-state index in [4.69, 9.17) is 0 Å². The maximum Gasteiger partial charge on any atom is 0.257 e. The van der Waals surface area contributed by atoms with Crippen LogP contribution < -0.4 is 5.32 Å². The molecule has 0 radical (unpaired) electrons. The van der Waals surface area contributed by atoms with Crippen LogP contribution in [-0.2, 0) is 0 Å². The number of carbonyl (C=O) groups is 1. The molecular weight excluding hydrogens is 292 g/mol. The van der Waals surface area contributed by atoms with Crippen LogP contribution >= 0.6 is 15.9 Å². The Bertz CT molecular complexity index is 446. The third-order valence-corrected chi connectivity index (χ3v) is 3.70. The van der Waals surface area contributed by atoms with Gasteiger partial charge in [-0.15, -0.1) is 0 Å². The Kier molecular flexibility index (Phi) is 4.25. The molecule has 0 aromatic heterocycles. The third-order valence-electron chi connectivity index (χ3n) is 2.30. The molecule has 0 atom stereocenters. The summed E-state index contributed by atoms with van der Waals surface area (Å²) in [5.41, 5.74) is -0.855. The van der Waals surface area contributed by atoms with E-state index in [2.05, 4.69) is 21.2 Å². The summed E-state index contributed by atoms with van der Waals surface area (Å²) in [4.78, 5) is 11.8. The first-order valence-corrected chi connectivity index (χ1v) is 6.24. The van der Waals surface area contributed by atoms with Crippen molar-refractivity contribution in [1.29, 1.82) is 0 Å². The molecule has 0 aliphatic heterocycles. The lowest BCUT2D eigenvalue weighted by atomic mass is 10.1. The van der Waals surface area contributed by atoms with Gasteiger partial charge in [0.05, 0.1) is 0 Å². The number of carbonyl (C=O) groups excluding carboxylic acids is 1. The minimum Gasteiger partial charge on any atom is -0.346 e. The van der Waals surface area contributed by atoms with Crippen LogP contribution in [-0.4, -0.2) is 16.8 Å². The number of amides is 1. The molecule has 2 nitrogen and oxygen atoms in total. The first-order valence-electron chi connectivity index (χ1n) is 5.11. The van der Waals surface area contributed by atoms with Crippen molar-refractivity contribution < 1.29 is 13.6 Å². The van der Waals surface area contributed by atoms with Crippen molar-refractivity contribution in [3.8, 4) is 0 Å². The summed E-state index contributed by atoms with van der Waals surface area (Å²) in [5, 5.41) is 3.05. The molecular formula is C12H14BrF2NO. The molecule has 1 aromatic rings. The van der Waals surface area contributed by atoms with Gasteiger partial charge in [-0.3, -0.25) is 4.79 Å². The molecule has 17 heavy (non-hydrogen) atoms. The summed E-state index contributed by atoms with van der Waals surface area (Å²) in [6.45, 7) is 5.00. The summed E-state index contributed by atoms with van der Waals surface area (Å²) < 4.78 is 27.1. The topological polar surface area (TPSA) is 29.1 Å². The minimum atomic E-state index is -0.851. The molecule has 1 aromatic carbocycles. The van der Waals surface area contributed by atoms with Gasteiger partial charge in [-0.1, -0.05) is 22.0 Å². The number of aryl methyl sites for hydroxylation is 1. The molecule has 94 valence electrons. The third kappa shape index (κ3) is 3.25. The Labute approximate surface area is 108 Å². The second-order valence-corrected chi connectivity index (χ2v) is 5.09. The highest BCUT2D eigenvalue weighted by Gasteiger charge is 2.24. The maximum atomic E-state index is 13.7. The molecule has 0 saturated heterocycles. The van der Waals surface area contributed by atoms with Crippen molar-refractivity contribution in [2.45, 2.75) is 26.3 Å². The summed E-state index contributed by atoms with van der Waals surface area (Å²) in [5.74, 6) is -2.41.